The molecule has 0 aliphatic carbocycles. The fourth-order valence-corrected chi connectivity index (χ4v) is 3.33. The van der Waals surface area contributed by atoms with Crippen LogP contribution in [0.25, 0.3) is 5.69 Å². The lowest BCUT2D eigenvalue weighted by molar-refractivity contribution is -0.138. The Kier molecular flexibility index (Phi) is 6.82. The summed E-state index contributed by atoms with van der Waals surface area (Å²) in [5.74, 6) is -2.77. The molecule has 33 heavy (non-hydrogen) atoms. The van der Waals surface area contributed by atoms with E-state index >= 15 is 0 Å². The van der Waals surface area contributed by atoms with E-state index in [4.69, 9.17) is 16.3 Å². The standard InChI is InChI=1S/C21H17ClF3N3O5/c1-33-17-7-6-11(21(23,24)25)8-12(17)14(10-19(30)31)26-20(32)15-9-18(29)28(27-15)16-5-3-2-4-13(16)22/h2-9,14,29H,10H2,1H3,(H,26,32)(H,30,31). The average molecular weight is 484 g/mol. The lowest BCUT2D eigenvalue weighted by Crippen LogP contribution is -2.31. The maximum atomic E-state index is 13.2. The van der Waals surface area contributed by atoms with E-state index in [0.29, 0.717) is 6.07 Å². The minimum absolute atomic E-state index is 0.0426. The highest BCUT2D eigenvalue weighted by atomic mass is 35.5. The predicted molar refractivity (Wildman–Crippen MR) is 111 cm³/mol. The number of nitrogens with one attached hydrogen (secondary N) is 1. The van der Waals surface area contributed by atoms with Gasteiger partial charge in [-0.1, -0.05) is 23.7 Å². The lowest BCUT2D eigenvalue weighted by Gasteiger charge is -2.21. The maximum Gasteiger partial charge on any atom is 0.416 e. The molecule has 1 amide bonds. The van der Waals surface area contributed by atoms with Crippen molar-refractivity contribution in [2.24, 2.45) is 0 Å². The van der Waals surface area contributed by atoms with Crippen molar-refractivity contribution < 1.29 is 37.7 Å². The summed E-state index contributed by atoms with van der Waals surface area (Å²) < 4.78 is 45.7. The van der Waals surface area contributed by atoms with Gasteiger partial charge in [0.1, 0.15) is 5.75 Å². The van der Waals surface area contributed by atoms with Crippen molar-refractivity contribution in [3.05, 3.63) is 70.4 Å². The van der Waals surface area contributed by atoms with E-state index in [1.54, 1.807) is 18.2 Å². The molecule has 1 aromatic heterocycles. The van der Waals surface area contributed by atoms with E-state index in [-0.39, 0.29) is 27.7 Å². The molecule has 174 valence electrons. The molecule has 3 rings (SSSR count). The molecule has 0 bridgehead atoms. The van der Waals surface area contributed by atoms with Gasteiger partial charge < -0.3 is 20.3 Å². The van der Waals surface area contributed by atoms with Crippen molar-refractivity contribution in [1.29, 1.82) is 0 Å². The van der Waals surface area contributed by atoms with E-state index in [1.165, 1.54) is 13.2 Å². The monoisotopic (exact) mass is 483 g/mol. The first-order valence-electron chi connectivity index (χ1n) is 9.33. The molecule has 0 radical (unpaired) electrons. The van der Waals surface area contributed by atoms with Crippen LogP contribution in [0.3, 0.4) is 0 Å². The second-order valence-corrected chi connectivity index (χ2v) is 7.24. The van der Waals surface area contributed by atoms with Crippen molar-refractivity contribution in [3.63, 3.8) is 0 Å². The maximum absolute atomic E-state index is 13.2. The van der Waals surface area contributed by atoms with Gasteiger partial charge in [-0.3, -0.25) is 9.59 Å². The Morgan fingerprint density at radius 2 is 1.91 bits per heavy atom. The number of aromatic nitrogens is 2. The van der Waals surface area contributed by atoms with E-state index in [0.717, 1.165) is 22.9 Å². The first-order valence-corrected chi connectivity index (χ1v) is 9.70. The van der Waals surface area contributed by atoms with Crippen LogP contribution in [0.5, 0.6) is 11.6 Å². The molecule has 2 aromatic carbocycles. The number of carbonyl (C=O) groups excluding carboxylic acids is 1. The van der Waals surface area contributed by atoms with E-state index in [2.05, 4.69) is 10.4 Å². The molecule has 0 aliphatic rings. The van der Waals surface area contributed by atoms with Gasteiger partial charge in [-0.25, -0.2) is 0 Å². The van der Waals surface area contributed by atoms with Gasteiger partial charge in [0.2, 0.25) is 5.88 Å². The van der Waals surface area contributed by atoms with Gasteiger partial charge in [0.05, 0.1) is 35.8 Å². The van der Waals surface area contributed by atoms with E-state index in [1.807, 2.05) is 0 Å². The summed E-state index contributed by atoms with van der Waals surface area (Å²) in [6.07, 6.45) is -5.43. The zero-order valence-electron chi connectivity index (χ0n) is 16.9. The van der Waals surface area contributed by atoms with Crippen LogP contribution in [0.2, 0.25) is 5.02 Å². The number of aliphatic carboxylic acids is 1. The van der Waals surface area contributed by atoms with Gasteiger partial charge in [-0.15, -0.1) is 0 Å². The molecule has 3 N–H and O–H groups in total. The van der Waals surface area contributed by atoms with Gasteiger partial charge in [0.25, 0.3) is 5.91 Å². The van der Waals surface area contributed by atoms with Crippen molar-refractivity contribution in [1.82, 2.24) is 15.1 Å². The van der Waals surface area contributed by atoms with Gasteiger partial charge in [0, 0.05) is 11.6 Å². The Bertz CT molecular complexity index is 1200. The number of benzene rings is 2. The number of hydrogen-bond acceptors (Lipinski definition) is 5. The molecule has 0 spiro atoms. The third-order valence-electron chi connectivity index (χ3n) is 4.62. The number of carboxylic acid groups (broad SMARTS) is 1. The Balaban J connectivity index is 1.97. The number of halogens is 4. The molecule has 8 nitrogen and oxygen atoms in total. The zero-order chi connectivity index (χ0) is 24.3. The van der Waals surface area contributed by atoms with Gasteiger partial charge >= 0.3 is 12.1 Å². The highest BCUT2D eigenvalue weighted by Gasteiger charge is 2.33. The molecule has 0 saturated heterocycles. The van der Waals surface area contributed by atoms with Crippen LogP contribution in [-0.4, -0.2) is 39.0 Å². The molecular weight excluding hydrogens is 467 g/mol. The van der Waals surface area contributed by atoms with Crippen LogP contribution in [0, 0.1) is 0 Å². The van der Waals surface area contributed by atoms with Crippen LogP contribution in [-0.2, 0) is 11.0 Å². The fourth-order valence-electron chi connectivity index (χ4n) is 3.11. The molecule has 1 heterocycles. The summed E-state index contributed by atoms with van der Waals surface area (Å²) in [6, 6.07) is 8.52. The summed E-state index contributed by atoms with van der Waals surface area (Å²) >= 11 is 6.08. The molecule has 0 aliphatic heterocycles. The van der Waals surface area contributed by atoms with Crippen molar-refractivity contribution in [3.8, 4) is 17.3 Å². The number of hydrogen-bond donors (Lipinski definition) is 3. The largest absolute Gasteiger partial charge is 0.496 e. The first-order chi connectivity index (χ1) is 15.5. The molecule has 3 aromatic rings. The SMILES string of the molecule is COc1ccc(C(F)(F)F)cc1C(CC(=O)O)NC(=O)c1cc(O)n(-c2ccccc2Cl)n1. The third-order valence-corrected chi connectivity index (χ3v) is 4.94. The summed E-state index contributed by atoms with van der Waals surface area (Å²) in [5, 5.41) is 26.0. The number of methoxy groups -OCH3 is 1. The zero-order valence-corrected chi connectivity index (χ0v) is 17.7. The number of ether oxygens (including phenoxy) is 1. The van der Waals surface area contributed by atoms with Crippen LogP contribution in [0.15, 0.2) is 48.5 Å². The Hall–Kier alpha value is -3.73. The van der Waals surface area contributed by atoms with Crippen molar-refractivity contribution in [2.75, 3.05) is 7.11 Å². The fraction of sp³-hybridized carbons (Fsp3) is 0.190. The summed E-state index contributed by atoms with van der Waals surface area (Å²) in [5.41, 5.74) is -1.26. The Morgan fingerprint density at radius 3 is 2.52 bits per heavy atom. The number of carboxylic acids is 1. The minimum atomic E-state index is -4.70. The van der Waals surface area contributed by atoms with E-state index < -0.39 is 42.0 Å². The van der Waals surface area contributed by atoms with Crippen molar-refractivity contribution in [2.45, 2.75) is 18.6 Å². The van der Waals surface area contributed by atoms with Crippen LogP contribution in [0.1, 0.15) is 34.1 Å². The number of rotatable bonds is 7. The Labute approximate surface area is 190 Å². The second kappa shape index (κ2) is 9.41. The summed E-state index contributed by atoms with van der Waals surface area (Å²) in [7, 11) is 1.20. The quantitative estimate of drug-likeness (QED) is 0.464. The van der Waals surface area contributed by atoms with Crippen LogP contribution < -0.4 is 10.1 Å². The molecule has 1 atom stereocenters. The minimum Gasteiger partial charge on any atom is -0.496 e. The number of carbonyl (C=O) groups is 2. The number of para-hydroxylation sites is 1. The average Bonchev–Trinajstić information content (AvgIpc) is 3.13. The van der Waals surface area contributed by atoms with Crippen LogP contribution in [0.4, 0.5) is 13.2 Å². The van der Waals surface area contributed by atoms with Crippen molar-refractivity contribution >= 4 is 23.5 Å². The number of amides is 1. The second-order valence-electron chi connectivity index (χ2n) is 6.83. The molecular formula is C21H17ClF3N3O5. The summed E-state index contributed by atoms with van der Waals surface area (Å²) in [6.45, 7) is 0. The number of aromatic hydroxyl groups is 1. The molecule has 1 unspecified atom stereocenters. The number of alkyl halides is 3. The molecule has 0 fully saturated rings. The van der Waals surface area contributed by atoms with Crippen LogP contribution >= 0.6 is 11.6 Å². The molecule has 12 heteroatoms. The highest BCUT2D eigenvalue weighted by Crippen LogP contribution is 2.36. The number of nitrogens with zero attached hydrogens (tertiary/aromatic N) is 2. The third kappa shape index (κ3) is 5.37. The highest BCUT2D eigenvalue weighted by molar-refractivity contribution is 6.32. The van der Waals surface area contributed by atoms with Gasteiger partial charge in [-0.2, -0.15) is 23.0 Å². The first kappa shape index (κ1) is 23.9. The smallest absolute Gasteiger partial charge is 0.416 e. The lowest BCUT2D eigenvalue weighted by atomic mass is 9.99. The topological polar surface area (TPSA) is 114 Å². The van der Waals surface area contributed by atoms with Gasteiger partial charge in [0.15, 0.2) is 5.69 Å². The molecule has 0 saturated carbocycles. The summed E-state index contributed by atoms with van der Waals surface area (Å²) in [4.78, 5) is 24.2. The van der Waals surface area contributed by atoms with E-state index in [9.17, 15) is 33.0 Å². The normalized spacial score (nSPS) is 12.3. The predicted octanol–water partition coefficient (Wildman–Crippen LogP) is 4.20. The van der Waals surface area contributed by atoms with Gasteiger partial charge in [-0.05, 0) is 30.3 Å². The Morgan fingerprint density at radius 1 is 1.21 bits per heavy atom.